The van der Waals surface area contributed by atoms with Crippen LogP contribution in [0.15, 0.2) is 6.20 Å². The molecule has 5 rings (SSSR count). The Kier molecular flexibility index (Phi) is 4.42. The first-order chi connectivity index (χ1) is 14.5. The Bertz CT molecular complexity index is 1030. The zero-order chi connectivity index (χ0) is 21.0. The van der Waals surface area contributed by atoms with Gasteiger partial charge in [-0.05, 0) is 51.0 Å². The maximum atomic E-state index is 12.9. The summed E-state index contributed by atoms with van der Waals surface area (Å²) in [6.07, 6.45) is 5.02. The Morgan fingerprint density at radius 3 is 2.83 bits per heavy atom. The highest BCUT2D eigenvalue weighted by Crippen LogP contribution is 2.55. The second-order valence-electron chi connectivity index (χ2n) is 8.07. The highest BCUT2D eigenvalue weighted by atomic mass is 32.1. The van der Waals surface area contributed by atoms with Gasteiger partial charge in [0.2, 0.25) is 11.9 Å². The number of anilines is 2. The Hall–Kier alpha value is -2.75. The van der Waals surface area contributed by atoms with Crippen molar-refractivity contribution in [3.63, 3.8) is 0 Å². The minimum Gasteiger partial charge on any atom is -0.368 e. The van der Waals surface area contributed by atoms with Crippen molar-refractivity contribution in [2.75, 3.05) is 29.9 Å². The number of thiazole rings is 1. The van der Waals surface area contributed by atoms with Crippen LogP contribution < -0.4 is 16.0 Å². The van der Waals surface area contributed by atoms with Crippen molar-refractivity contribution in [1.29, 1.82) is 0 Å². The molecule has 0 unspecified atom stereocenters. The summed E-state index contributed by atoms with van der Waals surface area (Å²) in [5, 5.41) is 3.43. The molecule has 0 radical (unpaired) electrons. The Morgan fingerprint density at radius 2 is 2.13 bits per heavy atom. The zero-order valence-corrected chi connectivity index (χ0v) is 18.0. The molecule has 2 fully saturated rings. The van der Waals surface area contributed by atoms with E-state index in [1.165, 1.54) is 11.3 Å². The number of primary amides is 1. The van der Waals surface area contributed by atoms with Crippen molar-refractivity contribution >= 4 is 34.4 Å². The lowest BCUT2D eigenvalue weighted by Gasteiger charge is -2.25. The molecule has 1 saturated carbocycles. The first-order valence-electron chi connectivity index (χ1n) is 10.5. The van der Waals surface area contributed by atoms with E-state index in [4.69, 9.17) is 10.7 Å². The number of nitrogens with one attached hydrogen (secondary N) is 1. The number of hydrogen-bond acceptors (Lipinski definition) is 7. The van der Waals surface area contributed by atoms with Gasteiger partial charge in [0.25, 0.3) is 0 Å². The van der Waals surface area contributed by atoms with Gasteiger partial charge in [-0.15, -0.1) is 0 Å². The van der Waals surface area contributed by atoms with Crippen LogP contribution in [-0.4, -0.2) is 57.0 Å². The zero-order valence-electron chi connectivity index (χ0n) is 17.1. The normalized spacial score (nSPS) is 23.4. The molecule has 1 saturated heterocycles. The summed E-state index contributed by atoms with van der Waals surface area (Å²) >= 11 is 1.43. The van der Waals surface area contributed by atoms with E-state index in [1.807, 2.05) is 6.20 Å². The van der Waals surface area contributed by atoms with Gasteiger partial charge in [0, 0.05) is 25.8 Å². The van der Waals surface area contributed by atoms with Crippen molar-refractivity contribution in [3.05, 3.63) is 17.5 Å². The SMILES string of the molecule is CCN(CC)c1ncc2c(n1)-c1sc(NC(=O)N3CC[C@@H]4C[C@@]43C(N)=O)nc1CC2. The van der Waals surface area contributed by atoms with Crippen LogP contribution in [0.5, 0.6) is 0 Å². The molecule has 0 aromatic carbocycles. The Labute approximate surface area is 178 Å². The number of aryl methyl sites for hydroxylation is 2. The van der Waals surface area contributed by atoms with Crippen molar-refractivity contribution in [3.8, 4) is 10.6 Å². The number of carbonyl (C=O) groups is 2. The van der Waals surface area contributed by atoms with Crippen molar-refractivity contribution in [1.82, 2.24) is 19.9 Å². The summed E-state index contributed by atoms with van der Waals surface area (Å²) in [5.41, 5.74) is 7.76. The highest BCUT2D eigenvalue weighted by molar-refractivity contribution is 7.19. The first kappa shape index (κ1) is 19.2. The number of carbonyl (C=O) groups excluding carboxylic acids is 2. The minimum absolute atomic E-state index is 0.201. The number of aromatic nitrogens is 3. The van der Waals surface area contributed by atoms with Crippen LogP contribution in [0.3, 0.4) is 0 Å². The first-order valence-corrected chi connectivity index (χ1v) is 11.3. The van der Waals surface area contributed by atoms with E-state index < -0.39 is 11.4 Å². The fourth-order valence-corrected chi connectivity index (χ4v) is 5.82. The number of rotatable bonds is 5. The van der Waals surface area contributed by atoms with E-state index in [2.05, 4.69) is 34.0 Å². The standard InChI is InChI=1S/C20H25N7O2S/c1-3-26(4-2)17-22-10-11-5-6-13-15(14(11)24-17)30-18(23-13)25-19(29)27-8-7-12-9-20(12,27)16(21)28/h10,12H,3-9H2,1-2H3,(H2,21,28)(H,23,25,29)/t12-,20+/m1/s1. The second-order valence-corrected chi connectivity index (χ2v) is 9.07. The average Bonchev–Trinajstić information content (AvgIpc) is 3.13. The maximum absolute atomic E-state index is 12.9. The molecule has 158 valence electrons. The van der Waals surface area contributed by atoms with E-state index in [9.17, 15) is 9.59 Å². The molecule has 3 heterocycles. The summed E-state index contributed by atoms with van der Waals surface area (Å²) in [7, 11) is 0. The molecule has 1 aliphatic heterocycles. The highest BCUT2D eigenvalue weighted by Gasteiger charge is 2.67. The molecular formula is C20H25N7O2S. The van der Waals surface area contributed by atoms with Gasteiger partial charge in [0.15, 0.2) is 5.13 Å². The lowest BCUT2D eigenvalue weighted by Crippen LogP contribution is -2.50. The molecule has 3 N–H and O–H groups in total. The third-order valence-corrected chi connectivity index (χ3v) is 7.60. The molecule has 10 heteroatoms. The third kappa shape index (κ3) is 2.77. The molecule has 2 aromatic rings. The summed E-state index contributed by atoms with van der Waals surface area (Å²) in [4.78, 5) is 43.5. The van der Waals surface area contributed by atoms with Crippen LogP contribution in [0.25, 0.3) is 10.6 Å². The Morgan fingerprint density at radius 1 is 1.33 bits per heavy atom. The fraction of sp³-hybridized carbons (Fsp3) is 0.550. The van der Waals surface area contributed by atoms with Crippen molar-refractivity contribution < 1.29 is 9.59 Å². The van der Waals surface area contributed by atoms with Gasteiger partial charge in [0.1, 0.15) is 5.54 Å². The molecule has 0 spiro atoms. The van der Waals surface area contributed by atoms with E-state index >= 15 is 0 Å². The molecule has 9 nitrogen and oxygen atoms in total. The van der Waals surface area contributed by atoms with Gasteiger partial charge >= 0.3 is 6.03 Å². The summed E-state index contributed by atoms with van der Waals surface area (Å²) < 4.78 is 0. The molecular weight excluding hydrogens is 402 g/mol. The van der Waals surface area contributed by atoms with E-state index in [0.29, 0.717) is 24.0 Å². The minimum atomic E-state index is -0.792. The van der Waals surface area contributed by atoms with E-state index in [1.54, 1.807) is 4.90 Å². The lowest BCUT2D eigenvalue weighted by atomic mass is 10.00. The van der Waals surface area contributed by atoms with Gasteiger partial charge in [-0.25, -0.2) is 19.7 Å². The van der Waals surface area contributed by atoms with Crippen LogP contribution in [-0.2, 0) is 17.6 Å². The maximum Gasteiger partial charge on any atom is 0.324 e. The van der Waals surface area contributed by atoms with Crippen LogP contribution in [0, 0.1) is 5.92 Å². The molecule has 3 aliphatic rings. The quantitative estimate of drug-likeness (QED) is 0.754. The predicted octanol–water partition coefficient (Wildman–Crippen LogP) is 2.03. The third-order valence-electron chi connectivity index (χ3n) is 6.58. The number of amides is 3. The van der Waals surface area contributed by atoms with Crippen LogP contribution in [0.2, 0.25) is 0 Å². The summed E-state index contributed by atoms with van der Waals surface area (Å²) in [5.74, 6) is 0.506. The average molecular weight is 428 g/mol. The van der Waals surface area contributed by atoms with Gasteiger partial charge in [-0.3, -0.25) is 10.1 Å². The van der Waals surface area contributed by atoms with E-state index in [0.717, 1.165) is 54.2 Å². The monoisotopic (exact) mass is 427 g/mol. The van der Waals surface area contributed by atoms with Crippen LogP contribution >= 0.6 is 11.3 Å². The fourth-order valence-electron chi connectivity index (χ4n) is 4.80. The smallest absolute Gasteiger partial charge is 0.324 e. The van der Waals surface area contributed by atoms with Gasteiger partial charge in [-0.1, -0.05) is 11.3 Å². The number of nitrogens with zero attached hydrogens (tertiary/aromatic N) is 5. The topological polar surface area (TPSA) is 117 Å². The van der Waals surface area contributed by atoms with E-state index in [-0.39, 0.29) is 11.9 Å². The summed E-state index contributed by atoms with van der Waals surface area (Å²) in [6, 6.07) is -0.299. The molecule has 30 heavy (non-hydrogen) atoms. The number of hydrogen-bond donors (Lipinski definition) is 2. The number of urea groups is 1. The number of fused-ring (bicyclic) bond motifs is 4. The number of piperidine rings is 1. The number of nitrogens with two attached hydrogens (primary N) is 1. The van der Waals surface area contributed by atoms with Gasteiger partial charge in [0.05, 0.1) is 16.3 Å². The lowest BCUT2D eigenvalue weighted by molar-refractivity contribution is -0.123. The summed E-state index contributed by atoms with van der Waals surface area (Å²) in [6.45, 7) is 6.39. The molecule has 3 amide bonds. The van der Waals surface area contributed by atoms with Gasteiger partial charge in [-0.2, -0.15) is 0 Å². The molecule has 0 bridgehead atoms. The van der Waals surface area contributed by atoms with Crippen molar-refractivity contribution in [2.45, 2.75) is 45.1 Å². The Balaban J connectivity index is 1.41. The molecule has 2 aromatic heterocycles. The molecule has 2 atom stereocenters. The molecule has 2 aliphatic carbocycles. The van der Waals surface area contributed by atoms with Crippen molar-refractivity contribution in [2.24, 2.45) is 11.7 Å². The number of likely N-dealkylation sites (tertiary alicyclic amines) is 1. The van der Waals surface area contributed by atoms with Gasteiger partial charge < -0.3 is 15.5 Å². The largest absolute Gasteiger partial charge is 0.368 e. The predicted molar refractivity (Wildman–Crippen MR) is 114 cm³/mol. The second kappa shape index (κ2) is 6.90. The van der Waals surface area contributed by atoms with Crippen LogP contribution in [0.1, 0.15) is 37.9 Å². The van der Waals surface area contributed by atoms with Crippen LogP contribution in [0.4, 0.5) is 15.9 Å².